The molecule has 0 aromatic carbocycles. The Morgan fingerprint density at radius 1 is 1.29 bits per heavy atom. The number of hydrogen-bond acceptors (Lipinski definition) is 3. The molecule has 3 rings (SSSR count). The molecule has 17 heavy (non-hydrogen) atoms. The molecule has 3 nitrogen and oxygen atoms in total. The van der Waals surface area contributed by atoms with Gasteiger partial charge in [-0.1, -0.05) is 6.42 Å². The maximum atomic E-state index is 5.73. The lowest BCUT2D eigenvalue weighted by Gasteiger charge is -2.37. The van der Waals surface area contributed by atoms with Gasteiger partial charge in [0, 0.05) is 18.2 Å². The van der Waals surface area contributed by atoms with Crippen molar-refractivity contribution in [3.05, 3.63) is 23.7 Å². The molecular weight excluding hydrogens is 212 g/mol. The molecule has 1 aliphatic heterocycles. The van der Waals surface area contributed by atoms with E-state index in [1.54, 1.807) is 6.26 Å². The van der Waals surface area contributed by atoms with E-state index in [0.717, 1.165) is 24.3 Å². The minimum absolute atomic E-state index is 0.591. The van der Waals surface area contributed by atoms with Gasteiger partial charge in [0.1, 0.15) is 5.76 Å². The largest absolute Gasteiger partial charge is 0.468 e. The van der Waals surface area contributed by atoms with Gasteiger partial charge in [-0.3, -0.25) is 4.90 Å². The number of piperidine rings is 1. The van der Waals surface area contributed by atoms with Gasteiger partial charge in [-0.05, 0) is 44.2 Å². The van der Waals surface area contributed by atoms with E-state index in [0.29, 0.717) is 6.54 Å². The molecule has 1 aliphatic carbocycles. The molecule has 1 saturated heterocycles. The number of nitrogens with zero attached hydrogens (tertiary/aromatic N) is 1. The van der Waals surface area contributed by atoms with E-state index in [1.807, 2.05) is 6.07 Å². The maximum absolute atomic E-state index is 5.73. The standard InChI is InChI=1S/C14H22N2O/c15-9-12-6-8-17-14(12)10-16-7-2-4-11-3-1-5-13(11)16/h6,8,11,13H,1-5,7,9-10,15H2. The van der Waals surface area contributed by atoms with Crippen LogP contribution in [0.3, 0.4) is 0 Å². The van der Waals surface area contributed by atoms with E-state index in [-0.39, 0.29) is 0 Å². The van der Waals surface area contributed by atoms with Gasteiger partial charge >= 0.3 is 0 Å². The lowest BCUT2D eigenvalue weighted by Crippen LogP contribution is -2.41. The van der Waals surface area contributed by atoms with Crippen LogP contribution in [-0.2, 0) is 13.1 Å². The van der Waals surface area contributed by atoms with Crippen LogP contribution in [-0.4, -0.2) is 17.5 Å². The first-order valence-corrected chi connectivity index (χ1v) is 6.88. The molecule has 1 aromatic heterocycles. The van der Waals surface area contributed by atoms with Crippen molar-refractivity contribution in [2.75, 3.05) is 6.54 Å². The molecule has 0 amide bonds. The highest BCUT2D eigenvalue weighted by Gasteiger charge is 2.35. The summed E-state index contributed by atoms with van der Waals surface area (Å²) in [6, 6.07) is 2.81. The quantitative estimate of drug-likeness (QED) is 0.873. The zero-order valence-corrected chi connectivity index (χ0v) is 10.4. The summed E-state index contributed by atoms with van der Waals surface area (Å²) in [6.45, 7) is 2.78. The van der Waals surface area contributed by atoms with Crippen molar-refractivity contribution in [1.29, 1.82) is 0 Å². The van der Waals surface area contributed by atoms with E-state index < -0.39 is 0 Å². The minimum Gasteiger partial charge on any atom is -0.468 e. The summed E-state index contributed by atoms with van der Waals surface area (Å²) in [5.74, 6) is 2.03. The first-order chi connectivity index (χ1) is 8.38. The fraction of sp³-hybridized carbons (Fsp3) is 0.714. The number of rotatable bonds is 3. The molecule has 3 heteroatoms. The molecule has 2 N–H and O–H groups in total. The summed E-state index contributed by atoms with van der Waals surface area (Å²) in [7, 11) is 0. The molecule has 2 aliphatic rings. The second-order valence-electron chi connectivity index (χ2n) is 5.44. The third kappa shape index (κ3) is 2.14. The van der Waals surface area contributed by atoms with Gasteiger partial charge in [0.15, 0.2) is 0 Å². The lowest BCUT2D eigenvalue weighted by molar-refractivity contribution is 0.0975. The molecule has 2 fully saturated rings. The van der Waals surface area contributed by atoms with Crippen LogP contribution in [0.2, 0.25) is 0 Å². The van der Waals surface area contributed by atoms with Crippen molar-refractivity contribution < 1.29 is 4.42 Å². The van der Waals surface area contributed by atoms with Crippen molar-refractivity contribution in [3.8, 4) is 0 Å². The Hall–Kier alpha value is -0.800. The monoisotopic (exact) mass is 234 g/mol. The summed E-state index contributed by atoms with van der Waals surface area (Å²) < 4.78 is 5.59. The van der Waals surface area contributed by atoms with Gasteiger partial charge in [0.05, 0.1) is 12.8 Å². The van der Waals surface area contributed by atoms with Gasteiger partial charge in [-0.2, -0.15) is 0 Å². The van der Waals surface area contributed by atoms with E-state index in [1.165, 1.54) is 44.2 Å². The summed E-state index contributed by atoms with van der Waals surface area (Å²) in [5, 5.41) is 0. The predicted molar refractivity (Wildman–Crippen MR) is 67.4 cm³/mol. The summed E-state index contributed by atoms with van der Waals surface area (Å²) in [5.41, 5.74) is 6.90. The molecule has 2 atom stereocenters. The number of likely N-dealkylation sites (tertiary alicyclic amines) is 1. The summed E-state index contributed by atoms with van der Waals surface area (Å²) in [4.78, 5) is 2.62. The highest BCUT2D eigenvalue weighted by atomic mass is 16.3. The Morgan fingerprint density at radius 2 is 2.18 bits per heavy atom. The molecule has 1 saturated carbocycles. The van der Waals surface area contributed by atoms with Gasteiger partial charge in [0.25, 0.3) is 0 Å². The average Bonchev–Trinajstić information content (AvgIpc) is 2.97. The Kier molecular flexibility index (Phi) is 3.21. The van der Waals surface area contributed by atoms with Gasteiger partial charge in [0.2, 0.25) is 0 Å². The Balaban J connectivity index is 1.71. The second-order valence-corrected chi connectivity index (χ2v) is 5.44. The fourth-order valence-corrected chi connectivity index (χ4v) is 3.63. The SMILES string of the molecule is NCc1ccoc1CN1CCCC2CCCC21. The predicted octanol–water partition coefficient (Wildman–Crippen LogP) is 2.50. The second kappa shape index (κ2) is 4.83. The van der Waals surface area contributed by atoms with Gasteiger partial charge in [-0.25, -0.2) is 0 Å². The zero-order chi connectivity index (χ0) is 11.7. The van der Waals surface area contributed by atoms with E-state index in [9.17, 15) is 0 Å². The Morgan fingerprint density at radius 3 is 3.06 bits per heavy atom. The third-order valence-corrected chi connectivity index (χ3v) is 4.51. The van der Waals surface area contributed by atoms with Crippen LogP contribution in [0.4, 0.5) is 0 Å². The summed E-state index contributed by atoms with van der Waals surface area (Å²) in [6.07, 6.45) is 8.77. The van der Waals surface area contributed by atoms with Crippen LogP contribution in [0.5, 0.6) is 0 Å². The van der Waals surface area contributed by atoms with Crippen molar-refractivity contribution in [2.45, 2.75) is 51.2 Å². The first kappa shape index (κ1) is 11.3. The van der Waals surface area contributed by atoms with Crippen LogP contribution in [0.15, 0.2) is 16.7 Å². The zero-order valence-electron chi connectivity index (χ0n) is 10.4. The number of fused-ring (bicyclic) bond motifs is 1. The van der Waals surface area contributed by atoms with Crippen molar-refractivity contribution in [1.82, 2.24) is 4.90 Å². The molecule has 1 aromatic rings. The van der Waals surface area contributed by atoms with E-state index in [4.69, 9.17) is 10.2 Å². The number of nitrogens with two attached hydrogens (primary N) is 1. The van der Waals surface area contributed by atoms with Gasteiger partial charge < -0.3 is 10.2 Å². The molecule has 0 radical (unpaired) electrons. The first-order valence-electron chi connectivity index (χ1n) is 6.88. The molecule has 94 valence electrons. The molecular formula is C14H22N2O. The molecule has 0 bridgehead atoms. The van der Waals surface area contributed by atoms with Crippen LogP contribution < -0.4 is 5.73 Å². The Bertz CT molecular complexity index is 374. The molecule has 2 unspecified atom stereocenters. The normalized spacial score (nSPS) is 29.5. The van der Waals surface area contributed by atoms with Crippen molar-refractivity contribution >= 4 is 0 Å². The van der Waals surface area contributed by atoms with Crippen LogP contribution in [0.1, 0.15) is 43.4 Å². The highest BCUT2D eigenvalue weighted by Crippen LogP contribution is 2.37. The van der Waals surface area contributed by atoms with E-state index in [2.05, 4.69) is 4.90 Å². The highest BCUT2D eigenvalue weighted by molar-refractivity contribution is 5.16. The number of furan rings is 1. The third-order valence-electron chi connectivity index (χ3n) is 4.51. The fourth-order valence-electron chi connectivity index (χ4n) is 3.63. The molecule has 2 heterocycles. The molecule has 0 spiro atoms. The van der Waals surface area contributed by atoms with Crippen molar-refractivity contribution in [3.63, 3.8) is 0 Å². The van der Waals surface area contributed by atoms with Crippen LogP contribution in [0, 0.1) is 5.92 Å². The van der Waals surface area contributed by atoms with Crippen molar-refractivity contribution in [2.24, 2.45) is 11.7 Å². The topological polar surface area (TPSA) is 42.4 Å². The summed E-state index contributed by atoms with van der Waals surface area (Å²) >= 11 is 0. The van der Waals surface area contributed by atoms with Gasteiger partial charge in [-0.15, -0.1) is 0 Å². The Labute approximate surface area is 103 Å². The van der Waals surface area contributed by atoms with Crippen LogP contribution >= 0.6 is 0 Å². The van der Waals surface area contributed by atoms with E-state index >= 15 is 0 Å². The lowest BCUT2D eigenvalue weighted by atomic mass is 9.92. The smallest absolute Gasteiger partial charge is 0.122 e. The average molecular weight is 234 g/mol. The minimum atomic E-state index is 0.591. The maximum Gasteiger partial charge on any atom is 0.122 e. The number of hydrogen-bond donors (Lipinski definition) is 1. The van der Waals surface area contributed by atoms with Crippen LogP contribution in [0.25, 0.3) is 0 Å².